The second-order valence-electron chi connectivity index (χ2n) is 3.52. The van der Waals surface area contributed by atoms with Gasteiger partial charge in [0.05, 0.1) is 17.3 Å². The van der Waals surface area contributed by atoms with E-state index in [4.69, 9.17) is 10.5 Å². The maximum Gasteiger partial charge on any atom is 0.275 e. The van der Waals surface area contributed by atoms with Crippen LogP contribution in [0.2, 0.25) is 0 Å². The van der Waals surface area contributed by atoms with Crippen LogP contribution in [0.5, 0.6) is 5.75 Å². The third-order valence-corrected chi connectivity index (χ3v) is 2.34. The molecule has 0 bridgehead atoms. The Morgan fingerprint density at radius 2 is 2.00 bits per heavy atom. The van der Waals surface area contributed by atoms with Gasteiger partial charge in [0.15, 0.2) is 5.75 Å². The third kappa shape index (κ3) is 2.13. The number of rotatable bonds is 1. The maximum absolute atomic E-state index is 13.4. The smallest absolute Gasteiger partial charge is 0.275 e. The molecular formula is C12H5FN4O2. The van der Waals surface area contributed by atoms with Crippen molar-refractivity contribution in [1.82, 2.24) is 9.78 Å². The fraction of sp³-hybridized carbons (Fsp3) is 0. The van der Waals surface area contributed by atoms with Gasteiger partial charge in [0.2, 0.25) is 5.69 Å². The molecule has 0 radical (unpaired) electrons. The predicted molar refractivity (Wildman–Crippen MR) is 60.9 cm³/mol. The van der Waals surface area contributed by atoms with Crippen LogP contribution < -0.4 is 5.56 Å². The Bertz CT molecular complexity index is 799. The third-order valence-electron chi connectivity index (χ3n) is 2.34. The minimum absolute atomic E-state index is 0.0537. The van der Waals surface area contributed by atoms with Gasteiger partial charge in [-0.2, -0.15) is 15.2 Å². The molecule has 0 spiro atoms. The van der Waals surface area contributed by atoms with Crippen molar-refractivity contribution in [3.63, 3.8) is 0 Å². The Labute approximate surface area is 106 Å². The molecule has 7 heteroatoms. The molecule has 2 aromatic rings. The molecule has 0 saturated heterocycles. The summed E-state index contributed by atoms with van der Waals surface area (Å²) in [6.45, 7) is 0. The molecule has 1 heterocycles. The minimum atomic E-state index is -0.805. The Morgan fingerprint density at radius 3 is 2.58 bits per heavy atom. The highest BCUT2D eigenvalue weighted by molar-refractivity contribution is 5.42. The number of hydrogen-bond acceptors (Lipinski definition) is 5. The number of halogens is 1. The van der Waals surface area contributed by atoms with Crippen molar-refractivity contribution in [2.75, 3.05) is 0 Å². The van der Waals surface area contributed by atoms with Crippen LogP contribution in [-0.4, -0.2) is 14.9 Å². The lowest BCUT2D eigenvalue weighted by Crippen LogP contribution is -2.21. The number of hydrogen-bond donors (Lipinski definition) is 1. The first-order valence-corrected chi connectivity index (χ1v) is 5.00. The quantitative estimate of drug-likeness (QED) is 0.813. The number of benzene rings is 1. The molecule has 19 heavy (non-hydrogen) atoms. The van der Waals surface area contributed by atoms with Crippen LogP contribution in [0.3, 0.4) is 0 Å². The molecule has 0 fully saturated rings. The fourth-order valence-electron chi connectivity index (χ4n) is 1.44. The molecule has 1 aromatic heterocycles. The zero-order chi connectivity index (χ0) is 14.0. The zero-order valence-corrected chi connectivity index (χ0v) is 9.33. The van der Waals surface area contributed by atoms with Gasteiger partial charge >= 0.3 is 0 Å². The van der Waals surface area contributed by atoms with E-state index in [1.54, 1.807) is 12.1 Å². The van der Waals surface area contributed by atoms with Crippen LogP contribution in [0.1, 0.15) is 11.3 Å². The Hall–Kier alpha value is -3.19. The molecule has 0 unspecified atom stereocenters. The SMILES string of the molecule is N#Cc1ccc(-n2nc(C#N)c(O)cc2=O)cc1F. The molecule has 1 N–H and O–H groups in total. The first-order valence-electron chi connectivity index (χ1n) is 5.00. The van der Waals surface area contributed by atoms with Crippen molar-refractivity contribution in [3.8, 4) is 23.6 Å². The largest absolute Gasteiger partial charge is 0.505 e. The van der Waals surface area contributed by atoms with Crippen molar-refractivity contribution in [3.05, 3.63) is 51.7 Å². The molecule has 1 aromatic carbocycles. The highest BCUT2D eigenvalue weighted by atomic mass is 19.1. The Morgan fingerprint density at radius 1 is 1.26 bits per heavy atom. The molecule has 0 aliphatic carbocycles. The van der Waals surface area contributed by atoms with Crippen molar-refractivity contribution >= 4 is 0 Å². The van der Waals surface area contributed by atoms with Gasteiger partial charge in [-0.15, -0.1) is 5.10 Å². The normalized spacial score (nSPS) is 9.63. The summed E-state index contributed by atoms with van der Waals surface area (Å²) in [5.74, 6) is -1.35. The molecule has 92 valence electrons. The number of aromatic nitrogens is 2. The number of nitriles is 2. The van der Waals surface area contributed by atoms with E-state index in [0.717, 1.165) is 16.8 Å². The van der Waals surface area contributed by atoms with Crippen LogP contribution in [0.15, 0.2) is 29.1 Å². The van der Waals surface area contributed by atoms with Gasteiger partial charge in [-0.05, 0) is 12.1 Å². The van der Waals surface area contributed by atoms with Crippen LogP contribution in [-0.2, 0) is 0 Å². The average Bonchev–Trinajstić information content (AvgIpc) is 2.39. The summed E-state index contributed by atoms with van der Waals surface area (Å²) in [7, 11) is 0. The van der Waals surface area contributed by atoms with Gasteiger partial charge < -0.3 is 5.11 Å². The van der Waals surface area contributed by atoms with Crippen molar-refractivity contribution in [1.29, 1.82) is 10.5 Å². The van der Waals surface area contributed by atoms with E-state index in [-0.39, 0.29) is 16.9 Å². The number of aromatic hydroxyl groups is 1. The molecule has 0 amide bonds. The summed E-state index contributed by atoms with van der Waals surface area (Å²) >= 11 is 0. The van der Waals surface area contributed by atoms with E-state index in [0.29, 0.717) is 0 Å². The standard InChI is InChI=1S/C12H5FN4O2/c13-9-3-8(2-1-7(9)5-14)17-12(19)4-11(18)10(6-15)16-17/h1-4,18H. The summed E-state index contributed by atoms with van der Waals surface area (Å²) in [6.07, 6.45) is 0. The molecule has 0 aliphatic heterocycles. The molecular weight excluding hydrogens is 251 g/mol. The van der Waals surface area contributed by atoms with Crippen LogP contribution in [0.4, 0.5) is 4.39 Å². The summed E-state index contributed by atoms with van der Waals surface area (Å²) < 4.78 is 14.2. The molecule has 0 saturated carbocycles. The first kappa shape index (κ1) is 12.3. The van der Waals surface area contributed by atoms with Gasteiger partial charge in [0.25, 0.3) is 5.56 Å². The van der Waals surface area contributed by atoms with Crippen molar-refractivity contribution in [2.24, 2.45) is 0 Å². The van der Waals surface area contributed by atoms with Crippen LogP contribution in [0, 0.1) is 28.5 Å². The van der Waals surface area contributed by atoms with E-state index >= 15 is 0 Å². The maximum atomic E-state index is 13.4. The molecule has 0 atom stereocenters. The lowest BCUT2D eigenvalue weighted by Gasteiger charge is -2.05. The zero-order valence-electron chi connectivity index (χ0n) is 9.33. The minimum Gasteiger partial charge on any atom is -0.505 e. The summed E-state index contributed by atoms with van der Waals surface area (Å²) in [6, 6.07) is 7.51. The van der Waals surface area contributed by atoms with E-state index in [1.807, 2.05) is 0 Å². The topological polar surface area (TPSA) is 103 Å². The average molecular weight is 256 g/mol. The Kier molecular flexibility index (Phi) is 2.96. The van der Waals surface area contributed by atoms with Crippen LogP contribution >= 0.6 is 0 Å². The summed E-state index contributed by atoms with van der Waals surface area (Å²) in [4.78, 5) is 11.6. The van der Waals surface area contributed by atoms with E-state index in [9.17, 15) is 14.3 Å². The van der Waals surface area contributed by atoms with Gasteiger partial charge in [-0.1, -0.05) is 0 Å². The van der Waals surface area contributed by atoms with Gasteiger partial charge in [0.1, 0.15) is 18.0 Å². The fourth-order valence-corrected chi connectivity index (χ4v) is 1.44. The van der Waals surface area contributed by atoms with E-state index in [1.165, 1.54) is 12.1 Å². The molecule has 0 aliphatic rings. The van der Waals surface area contributed by atoms with Crippen molar-refractivity contribution in [2.45, 2.75) is 0 Å². The summed E-state index contributed by atoms with van der Waals surface area (Å²) in [5, 5.41) is 30.2. The van der Waals surface area contributed by atoms with Crippen LogP contribution in [0.25, 0.3) is 5.69 Å². The first-order chi connectivity index (χ1) is 9.06. The van der Waals surface area contributed by atoms with E-state index < -0.39 is 17.1 Å². The predicted octanol–water partition coefficient (Wildman–Crippen LogP) is 0.821. The van der Waals surface area contributed by atoms with Gasteiger partial charge in [-0.3, -0.25) is 4.79 Å². The summed E-state index contributed by atoms with van der Waals surface area (Å²) in [5.41, 5.74) is -1.20. The highest BCUT2D eigenvalue weighted by Gasteiger charge is 2.10. The van der Waals surface area contributed by atoms with Crippen molar-refractivity contribution < 1.29 is 9.50 Å². The van der Waals surface area contributed by atoms with E-state index in [2.05, 4.69) is 5.10 Å². The lowest BCUT2D eigenvalue weighted by atomic mass is 10.2. The molecule has 2 rings (SSSR count). The monoisotopic (exact) mass is 256 g/mol. The lowest BCUT2D eigenvalue weighted by molar-refractivity contribution is 0.464. The number of nitrogens with zero attached hydrogens (tertiary/aromatic N) is 4. The Balaban J connectivity index is 2.67. The van der Waals surface area contributed by atoms with Gasteiger partial charge in [-0.25, -0.2) is 4.39 Å². The van der Waals surface area contributed by atoms with Gasteiger partial charge in [0, 0.05) is 6.07 Å². The molecule has 6 nitrogen and oxygen atoms in total. The highest BCUT2D eigenvalue weighted by Crippen LogP contribution is 2.14. The second kappa shape index (κ2) is 4.59. The second-order valence-corrected chi connectivity index (χ2v) is 3.52.